The van der Waals surface area contributed by atoms with Crippen LogP contribution in [0.15, 0.2) is 18.2 Å². The van der Waals surface area contributed by atoms with Crippen molar-refractivity contribution in [1.82, 2.24) is 10.2 Å². The predicted octanol–water partition coefficient (Wildman–Crippen LogP) is 2.40. The molecular weight excluding hydrogens is 315 g/mol. The van der Waals surface area contributed by atoms with E-state index in [1.807, 2.05) is 0 Å². The number of benzene rings is 1. The minimum Gasteiger partial charge on any atom is -0.480 e. The largest absolute Gasteiger partial charge is 0.480 e. The molecule has 2 N–H and O–H groups in total. The van der Waals surface area contributed by atoms with E-state index in [1.54, 1.807) is 30.0 Å². The lowest BCUT2D eigenvalue weighted by atomic mass is 10.1. The van der Waals surface area contributed by atoms with Crippen molar-refractivity contribution in [2.45, 2.75) is 26.4 Å². The van der Waals surface area contributed by atoms with Gasteiger partial charge < -0.3 is 10.4 Å². The van der Waals surface area contributed by atoms with Gasteiger partial charge >= 0.3 is 5.97 Å². The quantitative estimate of drug-likeness (QED) is 0.804. The maximum absolute atomic E-state index is 11.2. The van der Waals surface area contributed by atoms with E-state index in [2.05, 4.69) is 5.32 Å². The van der Waals surface area contributed by atoms with Crippen molar-refractivity contribution in [3.8, 4) is 0 Å². The Morgan fingerprint density at radius 2 is 2.05 bits per heavy atom. The maximum Gasteiger partial charge on any atom is 0.320 e. The molecular formula is C14H18Cl2N2O3. The fourth-order valence-electron chi connectivity index (χ4n) is 1.83. The molecule has 0 aliphatic rings. The summed E-state index contributed by atoms with van der Waals surface area (Å²) in [5.74, 6) is -1.09. The lowest BCUT2D eigenvalue weighted by Gasteiger charge is -2.26. The summed E-state index contributed by atoms with van der Waals surface area (Å²) in [6.45, 7) is 4.11. The van der Waals surface area contributed by atoms with E-state index in [0.717, 1.165) is 5.56 Å². The molecule has 0 fully saturated rings. The molecule has 0 aliphatic heterocycles. The van der Waals surface area contributed by atoms with Crippen LogP contribution in [-0.4, -0.2) is 41.0 Å². The number of hydrogen-bond donors (Lipinski definition) is 2. The summed E-state index contributed by atoms with van der Waals surface area (Å²) in [6, 6.07) is 4.54. The fourth-order valence-corrected chi connectivity index (χ4v) is 2.21. The van der Waals surface area contributed by atoms with Gasteiger partial charge in [-0.05, 0) is 18.6 Å². The molecule has 21 heavy (non-hydrogen) atoms. The number of nitrogens with one attached hydrogen (secondary N) is 1. The van der Waals surface area contributed by atoms with Crippen LogP contribution in [-0.2, 0) is 16.1 Å². The first-order valence-corrected chi connectivity index (χ1v) is 7.22. The van der Waals surface area contributed by atoms with Crippen LogP contribution in [0.25, 0.3) is 0 Å². The molecule has 5 nitrogen and oxygen atoms in total. The minimum absolute atomic E-state index is 0.154. The van der Waals surface area contributed by atoms with Crippen LogP contribution in [0.4, 0.5) is 0 Å². The van der Waals surface area contributed by atoms with E-state index in [1.165, 1.54) is 6.92 Å². The monoisotopic (exact) mass is 332 g/mol. The number of carboxylic acids is 1. The highest BCUT2D eigenvalue weighted by atomic mass is 35.5. The van der Waals surface area contributed by atoms with Crippen LogP contribution in [0.3, 0.4) is 0 Å². The molecule has 1 unspecified atom stereocenters. The molecule has 0 saturated heterocycles. The van der Waals surface area contributed by atoms with Gasteiger partial charge in [-0.2, -0.15) is 0 Å². The van der Waals surface area contributed by atoms with Crippen LogP contribution in [0.5, 0.6) is 0 Å². The number of halogens is 2. The van der Waals surface area contributed by atoms with Crippen LogP contribution < -0.4 is 5.32 Å². The third kappa shape index (κ3) is 5.53. The van der Waals surface area contributed by atoms with Gasteiger partial charge in [0.05, 0.1) is 10.0 Å². The van der Waals surface area contributed by atoms with E-state index in [4.69, 9.17) is 23.2 Å². The Balaban J connectivity index is 2.83. The van der Waals surface area contributed by atoms with Gasteiger partial charge in [-0.3, -0.25) is 14.5 Å². The molecule has 0 radical (unpaired) electrons. The summed E-state index contributed by atoms with van der Waals surface area (Å²) in [4.78, 5) is 23.8. The summed E-state index contributed by atoms with van der Waals surface area (Å²) >= 11 is 12.1. The smallest absolute Gasteiger partial charge is 0.320 e. The Morgan fingerprint density at radius 1 is 1.38 bits per heavy atom. The highest BCUT2D eigenvalue weighted by molar-refractivity contribution is 6.42. The van der Waals surface area contributed by atoms with E-state index >= 15 is 0 Å². The average Bonchev–Trinajstić information content (AvgIpc) is 2.41. The molecule has 0 heterocycles. The Labute approximate surface area is 133 Å². The fraction of sp³-hybridized carbons (Fsp3) is 0.429. The highest BCUT2D eigenvalue weighted by Gasteiger charge is 2.21. The third-order valence-corrected chi connectivity index (χ3v) is 3.94. The molecule has 1 aromatic rings. The van der Waals surface area contributed by atoms with Gasteiger partial charge in [0.1, 0.15) is 6.04 Å². The molecule has 1 atom stereocenters. The van der Waals surface area contributed by atoms with Gasteiger partial charge in [-0.15, -0.1) is 0 Å². The Kier molecular flexibility index (Phi) is 6.95. The number of carboxylic acid groups (broad SMARTS) is 1. The molecule has 0 saturated carbocycles. The molecule has 0 spiro atoms. The predicted molar refractivity (Wildman–Crippen MR) is 82.7 cm³/mol. The summed E-state index contributed by atoms with van der Waals surface area (Å²) in [5, 5.41) is 12.7. The topological polar surface area (TPSA) is 69.6 Å². The van der Waals surface area contributed by atoms with Gasteiger partial charge in [0.15, 0.2) is 0 Å². The molecule has 1 rings (SSSR count). The van der Waals surface area contributed by atoms with Crippen molar-refractivity contribution < 1.29 is 14.7 Å². The number of nitrogens with zero attached hydrogens (tertiary/aromatic N) is 1. The second-order valence-electron chi connectivity index (χ2n) is 4.68. The zero-order chi connectivity index (χ0) is 16.0. The van der Waals surface area contributed by atoms with Crippen molar-refractivity contribution in [2.75, 3.05) is 13.1 Å². The average molecular weight is 333 g/mol. The second kappa shape index (κ2) is 8.22. The molecule has 0 bridgehead atoms. The van der Waals surface area contributed by atoms with Crippen molar-refractivity contribution >= 4 is 35.1 Å². The SMILES string of the molecule is CC(=O)NCCN(Cc1cccc(Cl)c1Cl)C(C)C(=O)O. The van der Waals surface area contributed by atoms with Crippen LogP contribution in [0.2, 0.25) is 10.0 Å². The molecule has 7 heteroatoms. The van der Waals surface area contributed by atoms with Crippen LogP contribution >= 0.6 is 23.2 Å². The maximum atomic E-state index is 11.2. The zero-order valence-corrected chi connectivity index (χ0v) is 13.4. The van der Waals surface area contributed by atoms with E-state index < -0.39 is 12.0 Å². The summed E-state index contributed by atoms with van der Waals surface area (Å²) in [6.07, 6.45) is 0. The summed E-state index contributed by atoms with van der Waals surface area (Å²) < 4.78 is 0. The number of carbonyl (C=O) groups excluding carboxylic acids is 1. The number of aliphatic carboxylic acids is 1. The lowest BCUT2D eigenvalue weighted by Crippen LogP contribution is -2.42. The number of carbonyl (C=O) groups is 2. The standard InChI is InChI=1S/C14H18Cl2N2O3/c1-9(14(20)21)18(7-6-17-10(2)19)8-11-4-3-5-12(15)13(11)16/h3-5,9H,6-8H2,1-2H3,(H,17,19)(H,20,21). The Morgan fingerprint density at radius 3 is 2.62 bits per heavy atom. The molecule has 116 valence electrons. The third-order valence-electron chi connectivity index (χ3n) is 3.08. The zero-order valence-electron chi connectivity index (χ0n) is 11.9. The van der Waals surface area contributed by atoms with Gasteiger partial charge in [0.25, 0.3) is 0 Å². The van der Waals surface area contributed by atoms with E-state index in [0.29, 0.717) is 29.7 Å². The summed E-state index contributed by atoms with van der Waals surface area (Å²) in [5.41, 5.74) is 0.750. The van der Waals surface area contributed by atoms with Gasteiger partial charge in [-0.1, -0.05) is 35.3 Å². The lowest BCUT2D eigenvalue weighted by molar-refractivity contribution is -0.142. The molecule has 1 amide bonds. The van der Waals surface area contributed by atoms with Crippen LogP contribution in [0, 0.1) is 0 Å². The Bertz CT molecular complexity index is 523. The van der Waals surface area contributed by atoms with Crippen molar-refractivity contribution in [1.29, 1.82) is 0 Å². The number of rotatable bonds is 7. The Hall–Kier alpha value is -1.30. The van der Waals surface area contributed by atoms with Crippen molar-refractivity contribution in [3.63, 3.8) is 0 Å². The number of hydrogen-bond acceptors (Lipinski definition) is 3. The molecule has 0 aliphatic carbocycles. The van der Waals surface area contributed by atoms with Crippen molar-refractivity contribution in [2.24, 2.45) is 0 Å². The van der Waals surface area contributed by atoms with E-state index in [-0.39, 0.29) is 5.91 Å². The first kappa shape index (κ1) is 17.8. The van der Waals surface area contributed by atoms with Gasteiger partial charge in [0, 0.05) is 26.6 Å². The minimum atomic E-state index is -0.934. The first-order valence-electron chi connectivity index (χ1n) is 6.47. The number of amides is 1. The second-order valence-corrected chi connectivity index (χ2v) is 5.47. The summed E-state index contributed by atoms with van der Waals surface area (Å²) in [7, 11) is 0. The molecule has 1 aromatic carbocycles. The van der Waals surface area contributed by atoms with E-state index in [9.17, 15) is 14.7 Å². The normalized spacial score (nSPS) is 12.2. The van der Waals surface area contributed by atoms with Crippen molar-refractivity contribution in [3.05, 3.63) is 33.8 Å². The van der Waals surface area contributed by atoms with Crippen LogP contribution in [0.1, 0.15) is 19.4 Å². The van der Waals surface area contributed by atoms with Gasteiger partial charge in [-0.25, -0.2) is 0 Å². The molecule has 0 aromatic heterocycles. The van der Waals surface area contributed by atoms with Gasteiger partial charge in [0.2, 0.25) is 5.91 Å². The highest BCUT2D eigenvalue weighted by Crippen LogP contribution is 2.26. The first-order chi connectivity index (χ1) is 9.82.